The first kappa shape index (κ1) is 23.0. The Bertz CT molecular complexity index is 1650. The van der Waals surface area contributed by atoms with Crippen molar-refractivity contribution in [2.75, 3.05) is 6.54 Å². The zero-order valence-electron chi connectivity index (χ0n) is 20.0. The van der Waals surface area contributed by atoms with Crippen LogP contribution in [0.25, 0.3) is 21.5 Å². The number of furan rings is 1. The number of aliphatic hydroxyl groups excluding tert-OH is 1. The monoisotopic (exact) mass is 509 g/mol. The Labute approximate surface area is 216 Å². The van der Waals surface area contributed by atoms with E-state index in [1.54, 1.807) is 19.1 Å². The Kier molecular flexibility index (Phi) is 5.73. The standard InChI is InChI=1S/C29H23N3O4S/c1-17-27(37-28(31-17)18-8-3-2-4-9-18)25(33)23-24(22-12-7-15-36-22)32(29(35)26(23)34)14-13-19-16-30-21-11-6-5-10-20(19)21/h2-12,15-16,24,30,34H,13-14H2,1H3. The van der Waals surface area contributed by atoms with Crippen LogP contribution in [0.3, 0.4) is 0 Å². The summed E-state index contributed by atoms with van der Waals surface area (Å²) in [5.74, 6) is -1.13. The number of fused-ring (bicyclic) bond motifs is 1. The molecule has 37 heavy (non-hydrogen) atoms. The van der Waals surface area contributed by atoms with Crippen molar-refractivity contribution < 1.29 is 19.1 Å². The van der Waals surface area contributed by atoms with E-state index in [1.807, 2.05) is 60.8 Å². The number of carbonyl (C=O) groups excluding carboxylic acids is 2. The van der Waals surface area contributed by atoms with Crippen LogP contribution < -0.4 is 0 Å². The van der Waals surface area contributed by atoms with Crippen LogP contribution >= 0.6 is 11.3 Å². The van der Waals surface area contributed by atoms with E-state index in [9.17, 15) is 14.7 Å². The number of thiazole rings is 1. The number of hydrogen-bond acceptors (Lipinski definition) is 6. The zero-order chi connectivity index (χ0) is 25.5. The minimum absolute atomic E-state index is 0.0187. The zero-order valence-corrected chi connectivity index (χ0v) is 20.8. The topological polar surface area (TPSA) is 99.4 Å². The molecule has 2 aromatic carbocycles. The van der Waals surface area contributed by atoms with Gasteiger partial charge >= 0.3 is 0 Å². The quantitative estimate of drug-likeness (QED) is 0.262. The molecule has 5 aromatic rings. The average Bonchev–Trinajstić information content (AvgIpc) is 3.71. The summed E-state index contributed by atoms with van der Waals surface area (Å²) in [7, 11) is 0. The number of ketones is 1. The Hall–Kier alpha value is -4.43. The number of para-hydroxylation sites is 1. The summed E-state index contributed by atoms with van der Waals surface area (Å²) >= 11 is 1.25. The van der Waals surface area contributed by atoms with E-state index in [1.165, 1.54) is 22.5 Å². The van der Waals surface area contributed by atoms with Crippen LogP contribution in [-0.4, -0.2) is 38.2 Å². The van der Waals surface area contributed by atoms with Crippen molar-refractivity contribution in [3.8, 4) is 10.6 Å². The molecule has 1 aliphatic heterocycles. The maximum Gasteiger partial charge on any atom is 0.290 e. The van der Waals surface area contributed by atoms with E-state index in [0.29, 0.717) is 34.3 Å². The molecule has 0 saturated carbocycles. The molecule has 4 heterocycles. The maximum atomic E-state index is 13.9. The van der Waals surface area contributed by atoms with Crippen molar-refractivity contribution in [1.29, 1.82) is 0 Å². The number of nitrogens with zero attached hydrogens (tertiary/aromatic N) is 2. The Balaban J connectivity index is 1.34. The van der Waals surface area contributed by atoms with Gasteiger partial charge in [0.1, 0.15) is 16.8 Å². The largest absolute Gasteiger partial charge is 0.503 e. The summed E-state index contributed by atoms with van der Waals surface area (Å²) in [4.78, 5) is 36.9. The molecule has 184 valence electrons. The number of amides is 1. The van der Waals surface area contributed by atoms with E-state index in [2.05, 4.69) is 9.97 Å². The first-order valence-corrected chi connectivity index (χ1v) is 12.7. The van der Waals surface area contributed by atoms with Crippen molar-refractivity contribution >= 4 is 33.9 Å². The number of rotatable bonds is 7. The van der Waals surface area contributed by atoms with Crippen LogP contribution in [0.15, 0.2) is 94.9 Å². The van der Waals surface area contributed by atoms with Gasteiger partial charge in [0.2, 0.25) is 5.78 Å². The number of aliphatic hydroxyl groups is 1. The number of Topliss-reactive ketones (excluding diaryl/α,β-unsaturated/α-hetero) is 1. The summed E-state index contributed by atoms with van der Waals surface area (Å²) in [5, 5.41) is 12.8. The molecule has 7 nitrogen and oxygen atoms in total. The minimum atomic E-state index is -0.832. The van der Waals surface area contributed by atoms with Gasteiger partial charge in [0.05, 0.1) is 22.4 Å². The highest BCUT2D eigenvalue weighted by Crippen LogP contribution is 2.41. The molecule has 0 saturated heterocycles. The molecule has 0 fully saturated rings. The number of aromatic nitrogens is 2. The number of aromatic amines is 1. The van der Waals surface area contributed by atoms with Gasteiger partial charge in [-0.05, 0) is 37.1 Å². The molecule has 1 aliphatic rings. The summed E-state index contributed by atoms with van der Waals surface area (Å²) in [6.07, 6.45) is 3.97. The fraction of sp³-hybridized carbons (Fsp3) is 0.138. The second-order valence-corrected chi connectivity index (χ2v) is 9.92. The summed E-state index contributed by atoms with van der Waals surface area (Å²) in [5.41, 5.74) is 3.53. The normalized spacial score (nSPS) is 15.8. The first-order valence-electron chi connectivity index (χ1n) is 11.9. The van der Waals surface area contributed by atoms with Crippen molar-refractivity contribution in [3.63, 3.8) is 0 Å². The number of aryl methyl sites for hydroxylation is 1. The molecule has 2 N–H and O–H groups in total. The third kappa shape index (κ3) is 3.95. The van der Waals surface area contributed by atoms with E-state index < -0.39 is 23.5 Å². The molecule has 0 spiro atoms. The smallest absolute Gasteiger partial charge is 0.290 e. The van der Waals surface area contributed by atoms with Gasteiger partial charge in [0.15, 0.2) is 5.76 Å². The van der Waals surface area contributed by atoms with Crippen LogP contribution in [0.1, 0.15) is 32.7 Å². The molecule has 1 amide bonds. The lowest BCUT2D eigenvalue weighted by Gasteiger charge is -2.24. The van der Waals surface area contributed by atoms with Crippen LogP contribution in [0.4, 0.5) is 0 Å². The fourth-order valence-electron chi connectivity index (χ4n) is 4.87. The minimum Gasteiger partial charge on any atom is -0.503 e. The lowest BCUT2D eigenvalue weighted by Crippen LogP contribution is -2.32. The molecule has 0 radical (unpaired) electrons. The second-order valence-electron chi connectivity index (χ2n) is 8.92. The Morgan fingerprint density at radius 2 is 1.89 bits per heavy atom. The van der Waals surface area contributed by atoms with Gasteiger partial charge in [0.25, 0.3) is 5.91 Å². The van der Waals surface area contributed by atoms with Gasteiger partial charge in [-0.3, -0.25) is 9.59 Å². The van der Waals surface area contributed by atoms with Crippen molar-refractivity contribution in [3.05, 3.63) is 112 Å². The molecular formula is C29H23N3O4S. The van der Waals surface area contributed by atoms with Crippen LogP contribution in [-0.2, 0) is 11.2 Å². The fourth-order valence-corrected chi connectivity index (χ4v) is 5.90. The van der Waals surface area contributed by atoms with E-state index >= 15 is 0 Å². The molecule has 1 atom stereocenters. The van der Waals surface area contributed by atoms with Gasteiger partial charge in [-0.2, -0.15) is 0 Å². The highest BCUT2D eigenvalue weighted by molar-refractivity contribution is 7.17. The summed E-state index contributed by atoms with van der Waals surface area (Å²) in [6.45, 7) is 2.06. The number of nitrogens with one attached hydrogen (secondary N) is 1. The second kappa shape index (κ2) is 9.22. The lowest BCUT2D eigenvalue weighted by atomic mass is 9.99. The van der Waals surface area contributed by atoms with Crippen molar-refractivity contribution in [1.82, 2.24) is 14.9 Å². The van der Waals surface area contributed by atoms with Crippen LogP contribution in [0, 0.1) is 6.92 Å². The van der Waals surface area contributed by atoms with E-state index in [4.69, 9.17) is 4.42 Å². The van der Waals surface area contributed by atoms with Gasteiger partial charge in [-0.1, -0.05) is 48.5 Å². The van der Waals surface area contributed by atoms with E-state index in [-0.39, 0.29) is 5.57 Å². The number of hydrogen-bond donors (Lipinski definition) is 2. The number of carbonyl (C=O) groups is 2. The van der Waals surface area contributed by atoms with Gasteiger partial charge in [0, 0.05) is 29.2 Å². The highest BCUT2D eigenvalue weighted by Gasteiger charge is 2.45. The van der Waals surface area contributed by atoms with Gasteiger partial charge < -0.3 is 19.4 Å². The van der Waals surface area contributed by atoms with Crippen molar-refractivity contribution in [2.24, 2.45) is 0 Å². The lowest BCUT2D eigenvalue weighted by molar-refractivity contribution is -0.129. The summed E-state index contributed by atoms with van der Waals surface area (Å²) in [6, 6.07) is 20.2. The molecule has 0 bridgehead atoms. The Morgan fingerprint density at radius 3 is 2.68 bits per heavy atom. The number of H-pyrrole nitrogens is 1. The van der Waals surface area contributed by atoms with Crippen molar-refractivity contribution in [2.45, 2.75) is 19.4 Å². The predicted octanol–water partition coefficient (Wildman–Crippen LogP) is 6.01. The highest BCUT2D eigenvalue weighted by atomic mass is 32.1. The molecule has 1 unspecified atom stereocenters. The molecular weight excluding hydrogens is 486 g/mol. The first-order chi connectivity index (χ1) is 18.0. The molecule has 6 rings (SSSR count). The molecule has 8 heteroatoms. The molecule has 3 aromatic heterocycles. The van der Waals surface area contributed by atoms with Gasteiger partial charge in [-0.15, -0.1) is 11.3 Å². The van der Waals surface area contributed by atoms with E-state index in [0.717, 1.165) is 22.0 Å². The average molecular weight is 510 g/mol. The number of benzene rings is 2. The third-order valence-electron chi connectivity index (χ3n) is 6.68. The van der Waals surface area contributed by atoms with Crippen LogP contribution in [0.5, 0.6) is 0 Å². The van der Waals surface area contributed by atoms with Crippen LogP contribution in [0.2, 0.25) is 0 Å². The third-order valence-corrected chi connectivity index (χ3v) is 7.89. The SMILES string of the molecule is Cc1nc(-c2ccccc2)sc1C(=O)C1=C(O)C(=O)N(CCc2c[nH]c3ccccc23)C1c1ccco1. The Morgan fingerprint density at radius 1 is 1.11 bits per heavy atom. The molecule has 0 aliphatic carbocycles. The van der Waals surface area contributed by atoms with Gasteiger partial charge in [-0.25, -0.2) is 4.98 Å². The summed E-state index contributed by atoms with van der Waals surface area (Å²) < 4.78 is 5.66. The predicted molar refractivity (Wildman–Crippen MR) is 141 cm³/mol. The maximum absolute atomic E-state index is 13.9.